The summed E-state index contributed by atoms with van der Waals surface area (Å²) in [4.78, 5) is 33.3. The molecule has 0 fully saturated rings. The number of pyridine rings is 1. The molecule has 3 aromatic rings. The van der Waals surface area contributed by atoms with Crippen LogP contribution in [0, 0.1) is 13.8 Å². The third kappa shape index (κ3) is 3.29. The maximum Gasteiger partial charge on any atom is 0.249 e. The van der Waals surface area contributed by atoms with Gasteiger partial charge in [0.1, 0.15) is 6.04 Å². The molecule has 1 aliphatic rings. The van der Waals surface area contributed by atoms with Crippen LogP contribution in [0.3, 0.4) is 0 Å². The molecule has 0 bridgehead atoms. The van der Waals surface area contributed by atoms with Gasteiger partial charge in [0.2, 0.25) is 17.8 Å². The molecule has 136 valence electrons. The van der Waals surface area contributed by atoms with Crippen molar-refractivity contribution in [3.05, 3.63) is 53.9 Å². The lowest BCUT2D eigenvalue weighted by atomic mass is 10.1. The van der Waals surface area contributed by atoms with Gasteiger partial charge < -0.3 is 5.32 Å². The van der Waals surface area contributed by atoms with Gasteiger partial charge in [0, 0.05) is 23.6 Å². The zero-order chi connectivity index (χ0) is 19.0. The molecule has 0 saturated heterocycles. The molecule has 27 heavy (non-hydrogen) atoms. The highest BCUT2D eigenvalue weighted by Gasteiger charge is 2.33. The molecule has 3 heterocycles. The van der Waals surface area contributed by atoms with Crippen LogP contribution in [0.25, 0.3) is 11.4 Å². The largest absolute Gasteiger partial charge is 0.324 e. The van der Waals surface area contributed by atoms with Crippen molar-refractivity contribution in [1.29, 1.82) is 0 Å². The van der Waals surface area contributed by atoms with E-state index < -0.39 is 6.04 Å². The van der Waals surface area contributed by atoms with E-state index in [4.69, 9.17) is 0 Å². The summed E-state index contributed by atoms with van der Waals surface area (Å²) >= 11 is 0. The van der Waals surface area contributed by atoms with Gasteiger partial charge in [-0.3, -0.25) is 19.9 Å². The van der Waals surface area contributed by atoms with Gasteiger partial charge in [-0.1, -0.05) is 17.7 Å². The molecule has 1 unspecified atom stereocenters. The number of benzene rings is 1. The quantitative estimate of drug-likeness (QED) is 0.745. The minimum atomic E-state index is -0.771. The molecule has 4 rings (SSSR count). The summed E-state index contributed by atoms with van der Waals surface area (Å²) < 4.78 is 1.46. The van der Waals surface area contributed by atoms with Crippen LogP contribution in [-0.2, 0) is 9.59 Å². The number of fused-ring (bicyclic) bond motifs is 1. The van der Waals surface area contributed by atoms with Gasteiger partial charge in [-0.15, -0.1) is 5.10 Å². The number of anilines is 2. The molecular weight excluding hydrogens is 344 g/mol. The fraction of sp³-hybridized carbons (Fsp3) is 0.211. The first-order valence-corrected chi connectivity index (χ1v) is 8.56. The van der Waals surface area contributed by atoms with Crippen molar-refractivity contribution in [2.75, 3.05) is 10.6 Å². The van der Waals surface area contributed by atoms with Gasteiger partial charge in [-0.2, -0.15) is 4.98 Å². The Morgan fingerprint density at radius 3 is 2.89 bits per heavy atom. The molecule has 1 aromatic carbocycles. The summed E-state index contributed by atoms with van der Waals surface area (Å²) in [6, 6.07) is 8.60. The average Bonchev–Trinajstić information content (AvgIpc) is 3.08. The fourth-order valence-corrected chi connectivity index (χ4v) is 3.05. The van der Waals surface area contributed by atoms with Crippen molar-refractivity contribution in [2.24, 2.45) is 0 Å². The van der Waals surface area contributed by atoms with E-state index in [1.807, 2.05) is 38.1 Å². The van der Waals surface area contributed by atoms with E-state index in [0.29, 0.717) is 17.1 Å². The second-order valence-electron chi connectivity index (χ2n) is 6.52. The van der Waals surface area contributed by atoms with Crippen molar-refractivity contribution < 1.29 is 9.59 Å². The van der Waals surface area contributed by atoms with E-state index >= 15 is 0 Å². The summed E-state index contributed by atoms with van der Waals surface area (Å²) in [5.74, 6) is 0.0876. The highest BCUT2D eigenvalue weighted by atomic mass is 16.2. The second kappa shape index (κ2) is 6.64. The number of hydrogen-bond donors (Lipinski definition) is 2. The van der Waals surface area contributed by atoms with E-state index in [1.54, 1.807) is 18.5 Å². The Morgan fingerprint density at radius 2 is 2.15 bits per heavy atom. The predicted octanol–water partition coefficient (Wildman–Crippen LogP) is 2.48. The molecule has 1 aliphatic heterocycles. The SMILES string of the molecule is Cc1ccc(NC(=O)C2CC(=O)Nc3nc(-c4cccnc4)nn32)c(C)c1. The summed E-state index contributed by atoms with van der Waals surface area (Å²) in [5, 5.41) is 9.99. The third-order valence-electron chi connectivity index (χ3n) is 4.42. The van der Waals surface area contributed by atoms with Gasteiger partial charge in [-0.05, 0) is 37.6 Å². The summed E-state index contributed by atoms with van der Waals surface area (Å²) in [6.07, 6.45) is 3.29. The minimum absolute atomic E-state index is 0.000415. The summed E-state index contributed by atoms with van der Waals surface area (Å²) in [6.45, 7) is 3.92. The first kappa shape index (κ1) is 16.9. The van der Waals surface area contributed by atoms with Crippen LogP contribution < -0.4 is 10.6 Å². The maximum atomic E-state index is 12.9. The molecule has 0 aliphatic carbocycles. The lowest BCUT2D eigenvalue weighted by Crippen LogP contribution is -2.36. The lowest BCUT2D eigenvalue weighted by Gasteiger charge is -2.22. The Labute approximate surface area is 155 Å². The number of aryl methyl sites for hydroxylation is 2. The predicted molar refractivity (Wildman–Crippen MR) is 100 cm³/mol. The monoisotopic (exact) mass is 362 g/mol. The highest BCUT2D eigenvalue weighted by molar-refractivity contribution is 6.01. The van der Waals surface area contributed by atoms with E-state index in [9.17, 15) is 9.59 Å². The first-order chi connectivity index (χ1) is 13.0. The smallest absolute Gasteiger partial charge is 0.249 e. The van der Waals surface area contributed by atoms with E-state index in [2.05, 4.69) is 25.7 Å². The topological polar surface area (TPSA) is 102 Å². The van der Waals surface area contributed by atoms with Crippen molar-refractivity contribution in [3.8, 4) is 11.4 Å². The van der Waals surface area contributed by atoms with Gasteiger partial charge in [0.25, 0.3) is 0 Å². The number of hydrogen-bond acceptors (Lipinski definition) is 5. The molecule has 8 heteroatoms. The van der Waals surface area contributed by atoms with Crippen LogP contribution in [0.1, 0.15) is 23.6 Å². The summed E-state index contributed by atoms with van der Waals surface area (Å²) in [7, 11) is 0. The maximum absolute atomic E-state index is 12.9. The van der Waals surface area contributed by atoms with Crippen LogP contribution >= 0.6 is 0 Å². The van der Waals surface area contributed by atoms with Crippen molar-refractivity contribution in [1.82, 2.24) is 19.7 Å². The van der Waals surface area contributed by atoms with Gasteiger partial charge in [-0.25, -0.2) is 4.68 Å². The van der Waals surface area contributed by atoms with E-state index in [1.165, 1.54) is 4.68 Å². The zero-order valence-corrected chi connectivity index (χ0v) is 14.9. The van der Waals surface area contributed by atoms with Gasteiger partial charge >= 0.3 is 0 Å². The molecule has 0 saturated carbocycles. The number of aromatic nitrogens is 4. The third-order valence-corrected chi connectivity index (χ3v) is 4.42. The molecule has 0 spiro atoms. The number of nitrogens with zero attached hydrogens (tertiary/aromatic N) is 4. The number of rotatable bonds is 3. The number of carbonyl (C=O) groups is 2. The number of nitrogens with one attached hydrogen (secondary N) is 2. The van der Waals surface area contributed by atoms with Gasteiger partial charge in [0.05, 0.1) is 6.42 Å². The normalized spacial score (nSPS) is 15.8. The highest BCUT2D eigenvalue weighted by Crippen LogP contribution is 2.27. The second-order valence-corrected chi connectivity index (χ2v) is 6.52. The van der Waals surface area contributed by atoms with Crippen LogP contribution in [0.4, 0.5) is 11.6 Å². The van der Waals surface area contributed by atoms with Crippen LogP contribution in [-0.4, -0.2) is 31.6 Å². The van der Waals surface area contributed by atoms with Crippen LogP contribution in [0.15, 0.2) is 42.7 Å². The van der Waals surface area contributed by atoms with Gasteiger partial charge in [0.15, 0.2) is 5.82 Å². The molecule has 2 aromatic heterocycles. The molecule has 0 radical (unpaired) electrons. The molecule has 2 N–H and O–H groups in total. The molecule has 1 atom stereocenters. The van der Waals surface area contributed by atoms with Crippen molar-refractivity contribution >= 4 is 23.5 Å². The number of amides is 2. The van der Waals surface area contributed by atoms with Crippen molar-refractivity contribution in [3.63, 3.8) is 0 Å². The Morgan fingerprint density at radius 1 is 1.30 bits per heavy atom. The van der Waals surface area contributed by atoms with E-state index in [0.717, 1.165) is 11.1 Å². The van der Waals surface area contributed by atoms with Crippen molar-refractivity contribution in [2.45, 2.75) is 26.3 Å². The van der Waals surface area contributed by atoms with Crippen LogP contribution in [0.5, 0.6) is 0 Å². The summed E-state index contributed by atoms with van der Waals surface area (Å²) in [5.41, 5.74) is 3.49. The Kier molecular flexibility index (Phi) is 4.15. The zero-order valence-electron chi connectivity index (χ0n) is 14.9. The number of carbonyl (C=O) groups excluding carboxylic acids is 2. The minimum Gasteiger partial charge on any atom is -0.324 e. The molecular formula is C19H18N6O2. The average molecular weight is 362 g/mol. The Bertz CT molecular complexity index is 1030. The Hall–Kier alpha value is -3.55. The fourth-order valence-electron chi connectivity index (χ4n) is 3.05. The van der Waals surface area contributed by atoms with Crippen LogP contribution in [0.2, 0.25) is 0 Å². The molecule has 8 nitrogen and oxygen atoms in total. The standard InChI is InChI=1S/C19H18N6O2/c1-11-5-6-14(12(2)8-11)21-18(27)15-9-16(26)22-19-23-17(24-25(15)19)13-4-3-7-20-10-13/h3-8,10,15H,9H2,1-2H3,(H,21,27)(H,22,23,24,26). The lowest BCUT2D eigenvalue weighted by molar-refractivity contribution is -0.125. The Balaban J connectivity index is 1.65. The van der Waals surface area contributed by atoms with E-state index in [-0.39, 0.29) is 24.2 Å². The molecule has 2 amide bonds. The first-order valence-electron chi connectivity index (χ1n) is 8.56.